The Kier molecular flexibility index (Phi) is 11.1. The quantitative estimate of drug-likeness (QED) is 0.0827. The molecule has 0 radical (unpaired) electrons. The van der Waals surface area contributed by atoms with Gasteiger partial charge in [-0.3, -0.25) is 0 Å². The second kappa shape index (κ2) is 16.0. The molecule has 0 aliphatic carbocycles. The molecule has 0 N–H and O–H groups in total. The Hall–Kier alpha value is -4.08. The van der Waals surface area contributed by atoms with Crippen molar-refractivity contribution >= 4 is 0 Å². The third kappa shape index (κ3) is 10.2. The van der Waals surface area contributed by atoms with Gasteiger partial charge in [0.1, 0.15) is 61.6 Å². The fourth-order valence-corrected chi connectivity index (χ4v) is 4.69. The molecule has 8 nitrogen and oxygen atoms in total. The molecule has 0 aromatic heterocycles. The molecule has 4 atom stereocenters. The Morgan fingerprint density at radius 2 is 0.761 bits per heavy atom. The summed E-state index contributed by atoms with van der Waals surface area (Å²) in [5.74, 6) is 3.25. The maximum Gasteiger partial charge on any atom is 0.122 e. The van der Waals surface area contributed by atoms with Crippen molar-refractivity contribution in [1.82, 2.24) is 0 Å². The summed E-state index contributed by atoms with van der Waals surface area (Å²) in [6.07, 6.45) is 0.570. The zero-order valence-corrected chi connectivity index (χ0v) is 26.5. The SMILES string of the molecule is CC(COc1ccc(-c2ccc(OCCOc3ccc(-c4ccc(OCC(C)OCC5CO5)cc4)cc3)cc2)cc1)OCC1CO1. The number of rotatable bonds is 19. The molecule has 6 rings (SSSR count). The van der Waals surface area contributed by atoms with E-state index in [9.17, 15) is 0 Å². The number of epoxide rings is 2. The first-order chi connectivity index (χ1) is 22.6. The van der Waals surface area contributed by atoms with Gasteiger partial charge in [-0.2, -0.15) is 0 Å². The molecule has 2 aliphatic heterocycles. The third-order valence-electron chi connectivity index (χ3n) is 7.61. The zero-order valence-electron chi connectivity index (χ0n) is 26.5. The molecule has 4 aromatic carbocycles. The van der Waals surface area contributed by atoms with Gasteiger partial charge >= 0.3 is 0 Å². The average molecular weight is 627 g/mol. The van der Waals surface area contributed by atoms with Crippen molar-refractivity contribution in [2.24, 2.45) is 0 Å². The minimum Gasteiger partial charge on any atom is -0.491 e. The molecule has 4 unspecified atom stereocenters. The summed E-state index contributed by atoms with van der Waals surface area (Å²) in [5, 5.41) is 0. The zero-order chi connectivity index (χ0) is 31.6. The predicted molar refractivity (Wildman–Crippen MR) is 176 cm³/mol. The van der Waals surface area contributed by atoms with E-state index < -0.39 is 0 Å². The maximum absolute atomic E-state index is 5.91. The van der Waals surface area contributed by atoms with Gasteiger partial charge < -0.3 is 37.9 Å². The third-order valence-corrected chi connectivity index (χ3v) is 7.61. The van der Waals surface area contributed by atoms with Gasteiger partial charge in [0.15, 0.2) is 0 Å². The lowest BCUT2D eigenvalue weighted by Gasteiger charge is -2.14. The van der Waals surface area contributed by atoms with Gasteiger partial charge in [0.2, 0.25) is 0 Å². The van der Waals surface area contributed by atoms with E-state index in [2.05, 4.69) is 48.5 Å². The Balaban J connectivity index is 0.878. The van der Waals surface area contributed by atoms with Crippen LogP contribution in [0.5, 0.6) is 23.0 Å². The molecule has 2 heterocycles. The summed E-state index contributed by atoms with van der Waals surface area (Å²) in [6, 6.07) is 32.3. The van der Waals surface area contributed by atoms with Crippen LogP contribution in [0.3, 0.4) is 0 Å². The van der Waals surface area contributed by atoms with E-state index in [0.717, 1.165) is 58.5 Å². The van der Waals surface area contributed by atoms with E-state index in [1.165, 1.54) is 0 Å². The van der Waals surface area contributed by atoms with Gasteiger partial charge in [-0.25, -0.2) is 0 Å². The van der Waals surface area contributed by atoms with Crippen molar-refractivity contribution < 1.29 is 37.9 Å². The lowest BCUT2D eigenvalue weighted by Crippen LogP contribution is -2.20. The average Bonchev–Trinajstić information content (AvgIpc) is 4.04. The van der Waals surface area contributed by atoms with Crippen LogP contribution in [-0.4, -0.2) is 77.3 Å². The van der Waals surface area contributed by atoms with Gasteiger partial charge in [-0.1, -0.05) is 48.5 Å². The van der Waals surface area contributed by atoms with Crippen LogP contribution < -0.4 is 18.9 Å². The molecule has 2 fully saturated rings. The number of hydrogen-bond donors (Lipinski definition) is 0. The minimum atomic E-state index is 0.0195. The van der Waals surface area contributed by atoms with Crippen molar-refractivity contribution in [2.75, 3.05) is 52.9 Å². The van der Waals surface area contributed by atoms with Crippen molar-refractivity contribution in [3.05, 3.63) is 97.1 Å². The van der Waals surface area contributed by atoms with Crippen LogP contribution in [0.4, 0.5) is 0 Å². The molecule has 0 saturated carbocycles. The van der Waals surface area contributed by atoms with E-state index in [1.54, 1.807) is 0 Å². The molecule has 4 aromatic rings. The van der Waals surface area contributed by atoms with Crippen LogP contribution in [0.25, 0.3) is 22.3 Å². The van der Waals surface area contributed by atoms with Gasteiger partial charge in [0.25, 0.3) is 0 Å². The fourth-order valence-electron chi connectivity index (χ4n) is 4.69. The van der Waals surface area contributed by atoms with Crippen LogP contribution in [0.15, 0.2) is 97.1 Å². The Labute approximate surface area is 271 Å². The Morgan fingerprint density at radius 1 is 0.478 bits per heavy atom. The first-order valence-corrected chi connectivity index (χ1v) is 16.0. The van der Waals surface area contributed by atoms with Crippen LogP contribution >= 0.6 is 0 Å². The topological polar surface area (TPSA) is 80.4 Å². The number of benzene rings is 4. The summed E-state index contributed by atoms with van der Waals surface area (Å²) < 4.78 is 45.3. The molecule has 242 valence electrons. The number of hydrogen-bond acceptors (Lipinski definition) is 8. The normalized spacial score (nSPS) is 18.0. The van der Waals surface area contributed by atoms with E-state index >= 15 is 0 Å². The fraction of sp³-hybridized carbons (Fsp3) is 0.368. The minimum absolute atomic E-state index is 0.0195. The monoisotopic (exact) mass is 626 g/mol. The highest BCUT2D eigenvalue weighted by Gasteiger charge is 2.24. The summed E-state index contributed by atoms with van der Waals surface area (Å²) in [5.41, 5.74) is 4.44. The first-order valence-electron chi connectivity index (χ1n) is 16.0. The van der Waals surface area contributed by atoms with E-state index in [-0.39, 0.29) is 24.4 Å². The second-order valence-electron chi connectivity index (χ2n) is 11.6. The lowest BCUT2D eigenvalue weighted by atomic mass is 10.1. The molecule has 46 heavy (non-hydrogen) atoms. The summed E-state index contributed by atoms with van der Waals surface area (Å²) in [4.78, 5) is 0. The van der Waals surface area contributed by atoms with Crippen molar-refractivity contribution in [2.45, 2.75) is 38.3 Å². The Bertz CT molecular complexity index is 1350. The highest BCUT2D eigenvalue weighted by atomic mass is 16.6. The first kappa shape index (κ1) is 31.9. The number of ether oxygens (including phenoxy) is 8. The van der Waals surface area contributed by atoms with Gasteiger partial charge in [-0.15, -0.1) is 0 Å². The van der Waals surface area contributed by atoms with Crippen LogP contribution in [0, 0.1) is 0 Å². The van der Waals surface area contributed by atoms with E-state index in [4.69, 9.17) is 37.9 Å². The second-order valence-corrected chi connectivity index (χ2v) is 11.6. The Morgan fingerprint density at radius 3 is 1.04 bits per heavy atom. The molecule has 0 amide bonds. The maximum atomic E-state index is 5.91. The molecular weight excluding hydrogens is 584 g/mol. The highest BCUT2D eigenvalue weighted by Crippen LogP contribution is 2.26. The van der Waals surface area contributed by atoms with E-state index in [0.29, 0.717) is 39.6 Å². The van der Waals surface area contributed by atoms with Crippen molar-refractivity contribution in [1.29, 1.82) is 0 Å². The lowest BCUT2D eigenvalue weighted by molar-refractivity contribution is 0.0241. The smallest absolute Gasteiger partial charge is 0.122 e. The molecule has 2 aliphatic rings. The summed E-state index contributed by atoms with van der Waals surface area (Å²) >= 11 is 0. The van der Waals surface area contributed by atoms with Gasteiger partial charge in [0.05, 0.1) is 38.6 Å². The largest absolute Gasteiger partial charge is 0.491 e. The van der Waals surface area contributed by atoms with Crippen LogP contribution in [0.2, 0.25) is 0 Å². The van der Waals surface area contributed by atoms with Crippen molar-refractivity contribution in [3.63, 3.8) is 0 Å². The van der Waals surface area contributed by atoms with Crippen LogP contribution in [-0.2, 0) is 18.9 Å². The van der Waals surface area contributed by atoms with E-state index in [1.807, 2.05) is 62.4 Å². The molecule has 8 heteroatoms. The predicted octanol–water partition coefficient (Wildman–Crippen LogP) is 6.84. The molecular formula is C38H42O8. The summed E-state index contributed by atoms with van der Waals surface area (Å²) in [6.45, 7) is 8.79. The molecule has 0 bridgehead atoms. The van der Waals surface area contributed by atoms with Gasteiger partial charge in [0, 0.05) is 0 Å². The van der Waals surface area contributed by atoms with Crippen molar-refractivity contribution in [3.8, 4) is 45.3 Å². The highest BCUT2D eigenvalue weighted by molar-refractivity contribution is 5.65. The standard InChI is InChI=1S/C38H42O8/c1-27(41-23-37-25-45-37)21-43-35-15-7-31(8-16-35)29-3-11-33(12-4-29)39-19-20-40-34-13-5-30(6-14-34)32-9-17-36(18-10-32)44-22-28(2)42-24-38-26-46-38/h3-18,27-28,37-38H,19-26H2,1-2H3. The molecule has 0 spiro atoms. The summed E-state index contributed by atoms with van der Waals surface area (Å²) in [7, 11) is 0. The van der Waals surface area contributed by atoms with Gasteiger partial charge in [-0.05, 0) is 84.6 Å². The van der Waals surface area contributed by atoms with Crippen LogP contribution in [0.1, 0.15) is 13.8 Å². The molecule has 2 saturated heterocycles.